The molecule has 0 aliphatic carbocycles. The van der Waals surface area contributed by atoms with Crippen molar-refractivity contribution in [2.75, 3.05) is 13.6 Å². The van der Waals surface area contributed by atoms with E-state index in [0.717, 1.165) is 28.2 Å². The Bertz CT molecular complexity index is 764. The summed E-state index contributed by atoms with van der Waals surface area (Å²) < 4.78 is 0. The number of hydrogen-bond donors (Lipinski definition) is 2. The fraction of sp³-hybridized carbons (Fsp3) is 0.500. The van der Waals surface area contributed by atoms with Crippen molar-refractivity contribution in [1.82, 2.24) is 20.2 Å². The Morgan fingerprint density at radius 2 is 2.19 bits per heavy atom. The van der Waals surface area contributed by atoms with Crippen LogP contribution in [-0.2, 0) is 11.3 Å². The van der Waals surface area contributed by atoms with Crippen molar-refractivity contribution in [2.24, 2.45) is 0 Å². The zero-order valence-corrected chi connectivity index (χ0v) is 13.1. The maximum atomic E-state index is 12.2. The molecule has 0 spiro atoms. The van der Waals surface area contributed by atoms with Gasteiger partial charge in [0.05, 0.1) is 18.0 Å². The molecule has 21 heavy (non-hydrogen) atoms. The first-order valence-corrected chi connectivity index (χ1v) is 7.76. The van der Waals surface area contributed by atoms with Crippen molar-refractivity contribution >= 4 is 27.5 Å². The van der Waals surface area contributed by atoms with Gasteiger partial charge in [0, 0.05) is 18.5 Å². The van der Waals surface area contributed by atoms with E-state index in [9.17, 15) is 9.59 Å². The molecular weight excluding hydrogens is 288 g/mol. The largest absolute Gasteiger partial charge is 0.344 e. The maximum Gasteiger partial charge on any atom is 0.259 e. The average Bonchev–Trinajstić information content (AvgIpc) is 2.90. The number of hydrogen-bond acceptors (Lipinski definition) is 5. The van der Waals surface area contributed by atoms with Crippen LogP contribution in [0.5, 0.6) is 0 Å². The highest BCUT2D eigenvalue weighted by atomic mass is 32.1. The first-order valence-electron chi connectivity index (χ1n) is 6.94. The summed E-state index contributed by atoms with van der Waals surface area (Å²) in [4.78, 5) is 34.9. The SMILES string of the molecule is Cc1sc2nc(CNC3CCN(C)C3=O)[nH]c(=O)c2c1C. The molecule has 7 heteroatoms. The van der Waals surface area contributed by atoms with Gasteiger partial charge in [-0.1, -0.05) is 0 Å². The lowest BCUT2D eigenvalue weighted by atomic mass is 10.2. The number of H-pyrrole nitrogens is 1. The van der Waals surface area contributed by atoms with Crippen LogP contribution < -0.4 is 10.9 Å². The number of nitrogens with zero attached hydrogens (tertiary/aromatic N) is 2. The van der Waals surface area contributed by atoms with Crippen molar-refractivity contribution in [2.45, 2.75) is 32.9 Å². The summed E-state index contributed by atoms with van der Waals surface area (Å²) >= 11 is 1.53. The van der Waals surface area contributed by atoms with Gasteiger partial charge in [0.25, 0.3) is 5.56 Å². The quantitative estimate of drug-likeness (QED) is 0.884. The summed E-state index contributed by atoms with van der Waals surface area (Å²) in [5.74, 6) is 0.678. The van der Waals surface area contributed by atoms with Crippen molar-refractivity contribution in [3.05, 3.63) is 26.6 Å². The molecule has 1 amide bonds. The zero-order valence-electron chi connectivity index (χ0n) is 12.3. The molecule has 2 N–H and O–H groups in total. The number of thiophene rings is 1. The Hall–Kier alpha value is -1.73. The number of likely N-dealkylation sites (tertiary alicyclic amines) is 1. The molecule has 1 aliphatic heterocycles. The van der Waals surface area contributed by atoms with Crippen LogP contribution in [0.1, 0.15) is 22.7 Å². The van der Waals surface area contributed by atoms with Gasteiger partial charge < -0.3 is 9.88 Å². The molecule has 1 fully saturated rings. The van der Waals surface area contributed by atoms with Gasteiger partial charge in [-0.25, -0.2) is 4.98 Å². The number of aromatic nitrogens is 2. The smallest absolute Gasteiger partial charge is 0.259 e. The molecule has 1 atom stereocenters. The minimum atomic E-state index is -0.178. The number of rotatable bonds is 3. The molecular formula is C14H18N4O2S. The van der Waals surface area contributed by atoms with Crippen LogP contribution in [0.3, 0.4) is 0 Å². The van der Waals surface area contributed by atoms with E-state index in [1.165, 1.54) is 11.3 Å². The molecule has 112 valence electrons. The molecule has 1 saturated heterocycles. The van der Waals surface area contributed by atoms with Crippen LogP contribution in [0, 0.1) is 13.8 Å². The fourth-order valence-corrected chi connectivity index (χ4v) is 3.66. The van der Waals surface area contributed by atoms with Gasteiger partial charge in [0.1, 0.15) is 10.7 Å². The second-order valence-electron chi connectivity index (χ2n) is 5.46. The summed E-state index contributed by atoms with van der Waals surface area (Å²) in [7, 11) is 1.80. The Morgan fingerprint density at radius 1 is 1.43 bits per heavy atom. The highest BCUT2D eigenvalue weighted by molar-refractivity contribution is 7.18. The molecule has 3 rings (SSSR count). The highest BCUT2D eigenvalue weighted by Gasteiger charge is 2.28. The third-order valence-corrected chi connectivity index (χ3v) is 5.13. The van der Waals surface area contributed by atoms with Crippen molar-refractivity contribution in [3.63, 3.8) is 0 Å². The van der Waals surface area contributed by atoms with Gasteiger partial charge in [-0.2, -0.15) is 0 Å². The molecule has 1 unspecified atom stereocenters. The number of aromatic amines is 1. The minimum Gasteiger partial charge on any atom is -0.344 e. The zero-order chi connectivity index (χ0) is 15.1. The summed E-state index contributed by atoms with van der Waals surface area (Å²) in [6.45, 7) is 5.09. The molecule has 2 aromatic heterocycles. The number of fused-ring (bicyclic) bond motifs is 1. The van der Waals surface area contributed by atoms with E-state index in [1.54, 1.807) is 11.9 Å². The second kappa shape index (κ2) is 5.23. The normalized spacial score (nSPS) is 18.9. The van der Waals surface area contributed by atoms with E-state index in [-0.39, 0.29) is 17.5 Å². The highest BCUT2D eigenvalue weighted by Crippen LogP contribution is 2.25. The molecule has 1 aliphatic rings. The Morgan fingerprint density at radius 3 is 2.86 bits per heavy atom. The first-order chi connectivity index (χ1) is 9.97. The van der Waals surface area contributed by atoms with Crippen LogP contribution in [0.4, 0.5) is 0 Å². The van der Waals surface area contributed by atoms with E-state index in [1.807, 2.05) is 13.8 Å². The third kappa shape index (κ3) is 2.47. The number of amides is 1. The summed E-state index contributed by atoms with van der Waals surface area (Å²) in [5.41, 5.74) is 0.893. The number of carbonyl (C=O) groups is 1. The van der Waals surface area contributed by atoms with Gasteiger partial charge in [0.2, 0.25) is 5.91 Å². The maximum absolute atomic E-state index is 12.2. The topological polar surface area (TPSA) is 78.1 Å². The standard InChI is InChI=1S/C14H18N4O2S/c1-7-8(2)21-13-11(7)12(19)16-10(17-13)6-15-9-4-5-18(3)14(9)20/h9,15H,4-6H2,1-3H3,(H,16,17,19). The molecule has 0 aromatic carbocycles. The van der Waals surface area contributed by atoms with Crippen molar-refractivity contribution in [3.8, 4) is 0 Å². The fourth-order valence-electron chi connectivity index (χ4n) is 2.61. The predicted molar refractivity (Wildman–Crippen MR) is 82.6 cm³/mol. The van der Waals surface area contributed by atoms with E-state index in [4.69, 9.17) is 0 Å². The van der Waals surface area contributed by atoms with Gasteiger partial charge in [-0.3, -0.25) is 14.9 Å². The minimum absolute atomic E-state index is 0.0984. The lowest BCUT2D eigenvalue weighted by molar-refractivity contribution is -0.128. The lowest BCUT2D eigenvalue weighted by Gasteiger charge is -2.11. The molecule has 3 heterocycles. The first kappa shape index (κ1) is 14.2. The van der Waals surface area contributed by atoms with E-state index in [2.05, 4.69) is 15.3 Å². The van der Waals surface area contributed by atoms with Crippen molar-refractivity contribution in [1.29, 1.82) is 0 Å². The molecule has 0 radical (unpaired) electrons. The molecule has 2 aromatic rings. The van der Waals surface area contributed by atoms with Crippen LogP contribution in [0.25, 0.3) is 10.2 Å². The van der Waals surface area contributed by atoms with Gasteiger partial charge in [-0.15, -0.1) is 11.3 Å². The molecule has 0 saturated carbocycles. The summed E-state index contributed by atoms with van der Waals surface area (Å²) in [5, 5.41) is 3.85. The number of likely N-dealkylation sites (N-methyl/N-ethyl adjacent to an activating group) is 1. The van der Waals surface area contributed by atoms with Gasteiger partial charge in [-0.05, 0) is 25.8 Å². The molecule has 6 nitrogen and oxygen atoms in total. The number of aryl methyl sites for hydroxylation is 2. The molecule has 0 bridgehead atoms. The van der Waals surface area contributed by atoms with E-state index in [0.29, 0.717) is 17.8 Å². The van der Waals surface area contributed by atoms with Crippen LogP contribution >= 0.6 is 11.3 Å². The number of nitrogens with one attached hydrogen (secondary N) is 2. The van der Waals surface area contributed by atoms with Crippen molar-refractivity contribution < 1.29 is 4.79 Å². The summed E-state index contributed by atoms with van der Waals surface area (Å²) in [6, 6.07) is -0.178. The van der Waals surface area contributed by atoms with E-state index < -0.39 is 0 Å². The third-order valence-electron chi connectivity index (χ3n) is 4.03. The van der Waals surface area contributed by atoms with E-state index >= 15 is 0 Å². The Labute approximate surface area is 126 Å². The monoisotopic (exact) mass is 306 g/mol. The van der Waals surface area contributed by atoms with Crippen LogP contribution in [0.15, 0.2) is 4.79 Å². The number of carbonyl (C=O) groups excluding carboxylic acids is 1. The van der Waals surface area contributed by atoms with Gasteiger partial charge in [0.15, 0.2) is 0 Å². The Balaban J connectivity index is 1.82. The van der Waals surface area contributed by atoms with Gasteiger partial charge >= 0.3 is 0 Å². The summed E-state index contributed by atoms with van der Waals surface area (Å²) in [6.07, 6.45) is 0.791. The second-order valence-corrected chi connectivity index (χ2v) is 6.66. The lowest BCUT2D eigenvalue weighted by Crippen LogP contribution is -2.37. The predicted octanol–water partition coefficient (Wildman–Crippen LogP) is 0.922. The van der Waals surface area contributed by atoms with Crippen LogP contribution in [0.2, 0.25) is 0 Å². The Kier molecular flexibility index (Phi) is 3.54. The average molecular weight is 306 g/mol. The van der Waals surface area contributed by atoms with Crippen LogP contribution in [-0.4, -0.2) is 40.4 Å².